The topological polar surface area (TPSA) is 104 Å². The number of ether oxygens (including phenoxy) is 1. The molecule has 0 aliphatic heterocycles. The summed E-state index contributed by atoms with van der Waals surface area (Å²) in [6, 6.07) is 5.42. The zero-order chi connectivity index (χ0) is 23.7. The zero-order valence-electron chi connectivity index (χ0n) is 19.5. The van der Waals surface area contributed by atoms with Crippen LogP contribution in [-0.4, -0.2) is 30.8 Å². The predicted octanol–water partition coefficient (Wildman–Crippen LogP) is 5.09. The lowest BCUT2D eigenvalue weighted by Crippen LogP contribution is -2.21. The van der Waals surface area contributed by atoms with Gasteiger partial charge in [-0.1, -0.05) is 12.0 Å². The van der Waals surface area contributed by atoms with E-state index in [0.29, 0.717) is 28.5 Å². The van der Waals surface area contributed by atoms with E-state index in [-0.39, 0.29) is 11.6 Å². The molecule has 2 unspecified atom stereocenters. The molecule has 180 valence electrons. The Morgan fingerprint density at radius 2 is 2.03 bits per heavy atom. The second-order valence-corrected chi connectivity index (χ2v) is 10.2. The normalized spacial score (nSPS) is 20.9. The van der Waals surface area contributed by atoms with Crippen molar-refractivity contribution in [3.8, 4) is 6.01 Å². The van der Waals surface area contributed by atoms with Crippen LogP contribution in [0.1, 0.15) is 69.7 Å². The lowest BCUT2D eigenvalue weighted by molar-refractivity contribution is 0.175. The van der Waals surface area contributed by atoms with Crippen LogP contribution < -0.4 is 15.2 Å². The van der Waals surface area contributed by atoms with Gasteiger partial charge in [0.15, 0.2) is 0 Å². The molecule has 2 aliphatic rings. The summed E-state index contributed by atoms with van der Waals surface area (Å²) in [5, 5.41) is 17.2. The minimum Gasteiger partial charge on any atom is -0.460 e. The highest BCUT2D eigenvalue weighted by Crippen LogP contribution is 2.46. The first-order valence-electron chi connectivity index (χ1n) is 11.9. The molecule has 2 aromatic heterocycles. The van der Waals surface area contributed by atoms with Gasteiger partial charge in [0, 0.05) is 29.2 Å². The van der Waals surface area contributed by atoms with Gasteiger partial charge in [-0.25, -0.2) is 14.4 Å². The lowest BCUT2D eigenvalue weighted by Gasteiger charge is -2.19. The number of halogens is 1. The quantitative estimate of drug-likeness (QED) is 0.406. The molecule has 0 spiro atoms. The smallest absolute Gasteiger partial charge is 0.317 e. The average molecular weight is 484 g/mol. The summed E-state index contributed by atoms with van der Waals surface area (Å²) in [5.41, 5.74) is 1.48. The number of nitrogens with one attached hydrogen (secondary N) is 1. The Labute approximate surface area is 203 Å². The van der Waals surface area contributed by atoms with Crippen molar-refractivity contribution in [1.82, 2.24) is 24.7 Å². The SMILES string of the molecule is CCCc1nnc(OC2CCC(c3cnc(Nc4ccc(SN)cc4F)nc3)C2)n1C1(C)CC1. The van der Waals surface area contributed by atoms with Crippen LogP contribution in [0.3, 0.4) is 0 Å². The molecular formula is C24H30FN7OS. The summed E-state index contributed by atoms with van der Waals surface area (Å²) in [6.07, 6.45) is 10.8. The Bertz CT molecular complexity index is 1150. The van der Waals surface area contributed by atoms with Gasteiger partial charge in [-0.2, -0.15) is 0 Å². The van der Waals surface area contributed by atoms with E-state index in [4.69, 9.17) is 9.88 Å². The van der Waals surface area contributed by atoms with Gasteiger partial charge in [-0.3, -0.25) is 9.71 Å². The molecule has 34 heavy (non-hydrogen) atoms. The summed E-state index contributed by atoms with van der Waals surface area (Å²) in [5.74, 6) is 1.31. The fraction of sp³-hybridized carbons (Fsp3) is 0.500. The number of aromatic nitrogens is 5. The second kappa shape index (κ2) is 9.50. The molecule has 2 fully saturated rings. The number of nitrogens with two attached hydrogens (primary N) is 1. The van der Waals surface area contributed by atoms with Crippen molar-refractivity contribution >= 4 is 23.6 Å². The Hall–Kier alpha value is -2.72. The van der Waals surface area contributed by atoms with E-state index in [0.717, 1.165) is 68.3 Å². The van der Waals surface area contributed by atoms with E-state index in [1.165, 1.54) is 6.07 Å². The highest BCUT2D eigenvalue weighted by atomic mass is 32.2. The van der Waals surface area contributed by atoms with Crippen molar-refractivity contribution in [2.24, 2.45) is 5.14 Å². The summed E-state index contributed by atoms with van der Waals surface area (Å²) in [7, 11) is 0. The van der Waals surface area contributed by atoms with Crippen LogP contribution in [0, 0.1) is 5.82 Å². The molecule has 2 aliphatic carbocycles. The maximum atomic E-state index is 14.2. The molecule has 3 aromatic rings. The van der Waals surface area contributed by atoms with Crippen molar-refractivity contribution in [2.75, 3.05) is 5.32 Å². The largest absolute Gasteiger partial charge is 0.460 e. The Morgan fingerprint density at radius 1 is 1.24 bits per heavy atom. The predicted molar refractivity (Wildman–Crippen MR) is 130 cm³/mol. The molecule has 0 radical (unpaired) electrons. The van der Waals surface area contributed by atoms with Crippen LogP contribution in [0.15, 0.2) is 35.5 Å². The van der Waals surface area contributed by atoms with Crippen molar-refractivity contribution in [3.05, 3.63) is 47.8 Å². The number of anilines is 2. The van der Waals surface area contributed by atoms with Crippen LogP contribution in [0.5, 0.6) is 6.01 Å². The second-order valence-electron chi connectivity index (χ2n) is 9.46. The van der Waals surface area contributed by atoms with Gasteiger partial charge in [-0.05, 0) is 87.1 Å². The monoisotopic (exact) mass is 483 g/mol. The molecule has 0 saturated heterocycles. The number of rotatable bonds is 9. The van der Waals surface area contributed by atoms with Crippen LogP contribution in [0.25, 0.3) is 0 Å². The minimum absolute atomic E-state index is 0.0932. The standard InChI is InChI=1S/C24H30FN7OS/c1-3-4-21-30-31-23(32(21)24(2)9-10-24)33-17-6-5-15(11-17)16-13-27-22(28-14-16)29-20-8-7-18(34-26)12-19(20)25/h7-8,12-15,17H,3-6,9-11,26H2,1-2H3,(H,27,28,29). The van der Waals surface area contributed by atoms with Crippen LogP contribution in [-0.2, 0) is 12.0 Å². The number of nitrogens with zero attached hydrogens (tertiary/aromatic N) is 5. The van der Waals surface area contributed by atoms with Gasteiger partial charge in [0.2, 0.25) is 5.95 Å². The third-order valence-electron chi connectivity index (χ3n) is 6.81. The fourth-order valence-electron chi connectivity index (χ4n) is 4.61. The lowest BCUT2D eigenvalue weighted by atomic mass is 10.0. The molecule has 3 N–H and O–H groups in total. The van der Waals surface area contributed by atoms with E-state index in [1.54, 1.807) is 12.1 Å². The summed E-state index contributed by atoms with van der Waals surface area (Å²) in [4.78, 5) is 9.46. The first-order valence-corrected chi connectivity index (χ1v) is 12.7. The first kappa shape index (κ1) is 23.0. The Balaban J connectivity index is 1.22. The summed E-state index contributed by atoms with van der Waals surface area (Å²) < 4.78 is 22.8. The fourth-order valence-corrected chi connectivity index (χ4v) is 4.93. The number of hydrogen-bond donors (Lipinski definition) is 2. The Kier molecular flexibility index (Phi) is 6.44. The molecule has 1 aromatic carbocycles. The van der Waals surface area contributed by atoms with Crippen molar-refractivity contribution < 1.29 is 9.13 Å². The Morgan fingerprint density at radius 3 is 2.71 bits per heavy atom. The van der Waals surface area contributed by atoms with Crippen LogP contribution in [0.2, 0.25) is 0 Å². The minimum atomic E-state index is -0.395. The van der Waals surface area contributed by atoms with Gasteiger partial charge >= 0.3 is 6.01 Å². The van der Waals surface area contributed by atoms with Gasteiger partial charge in [0.1, 0.15) is 17.7 Å². The van der Waals surface area contributed by atoms with Gasteiger partial charge in [0.25, 0.3) is 0 Å². The van der Waals surface area contributed by atoms with Crippen molar-refractivity contribution in [3.63, 3.8) is 0 Å². The van der Waals surface area contributed by atoms with Gasteiger partial charge < -0.3 is 10.1 Å². The molecule has 5 rings (SSSR count). The van der Waals surface area contributed by atoms with Crippen LogP contribution in [0.4, 0.5) is 16.0 Å². The van der Waals surface area contributed by atoms with E-state index in [9.17, 15) is 4.39 Å². The van der Waals surface area contributed by atoms with E-state index < -0.39 is 5.82 Å². The average Bonchev–Trinajstić information content (AvgIpc) is 3.22. The molecule has 10 heteroatoms. The van der Waals surface area contributed by atoms with Gasteiger partial charge in [-0.15, -0.1) is 5.10 Å². The molecular weight excluding hydrogens is 453 g/mol. The number of aryl methyl sites for hydroxylation is 1. The molecule has 2 atom stereocenters. The third kappa shape index (κ3) is 4.74. The number of benzene rings is 1. The summed E-state index contributed by atoms with van der Waals surface area (Å²) >= 11 is 1.00. The highest BCUT2D eigenvalue weighted by molar-refractivity contribution is 7.97. The molecule has 0 bridgehead atoms. The maximum Gasteiger partial charge on any atom is 0.317 e. The molecule has 2 saturated carbocycles. The zero-order valence-corrected chi connectivity index (χ0v) is 20.3. The van der Waals surface area contributed by atoms with E-state index in [1.807, 2.05) is 12.4 Å². The van der Waals surface area contributed by atoms with E-state index in [2.05, 4.69) is 43.9 Å². The van der Waals surface area contributed by atoms with Crippen molar-refractivity contribution in [2.45, 2.75) is 81.2 Å². The highest BCUT2D eigenvalue weighted by Gasteiger charge is 2.44. The molecule has 8 nitrogen and oxygen atoms in total. The summed E-state index contributed by atoms with van der Waals surface area (Å²) in [6.45, 7) is 4.41. The molecule has 0 amide bonds. The number of hydrogen-bond acceptors (Lipinski definition) is 8. The third-order valence-corrected chi connectivity index (χ3v) is 7.34. The van der Waals surface area contributed by atoms with E-state index >= 15 is 0 Å². The van der Waals surface area contributed by atoms with Crippen LogP contribution >= 0.6 is 11.9 Å². The first-order chi connectivity index (χ1) is 16.5. The maximum absolute atomic E-state index is 14.2. The molecule has 2 heterocycles. The van der Waals surface area contributed by atoms with Crippen molar-refractivity contribution in [1.29, 1.82) is 0 Å². The van der Waals surface area contributed by atoms with Gasteiger partial charge in [0.05, 0.1) is 5.69 Å².